The van der Waals surface area contributed by atoms with Crippen molar-refractivity contribution in [1.82, 2.24) is 15.2 Å². The lowest BCUT2D eigenvalue weighted by Crippen LogP contribution is -2.15. The van der Waals surface area contributed by atoms with Crippen molar-refractivity contribution in [2.45, 2.75) is 0 Å². The average Bonchev–Trinajstić information content (AvgIpc) is 2.69. The Kier molecular flexibility index (Phi) is 5.46. The molecule has 0 aliphatic carbocycles. The summed E-state index contributed by atoms with van der Waals surface area (Å²) in [5.74, 6) is 1.75. The van der Waals surface area contributed by atoms with Gasteiger partial charge in [0.1, 0.15) is 17.2 Å². The summed E-state index contributed by atoms with van der Waals surface area (Å²) >= 11 is 6.09. The predicted octanol–water partition coefficient (Wildman–Crippen LogP) is 3.25. The maximum absolute atomic E-state index is 12.4. The summed E-state index contributed by atoms with van der Waals surface area (Å²) in [6.45, 7) is 0. The Labute approximate surface area is 160 Å². The molecule has 0 saturated heterocycles. The van der Waals surface area contributed by atoms with Crippen LogP contribution in [0.1, 0.15) is 0 Å². The Hall–Kier alpha value is -3.26. The molecule has 0 unspecified atom stereocenters. The summed E-state index contributed by atoms with van der Waals surface area (Å²) in [5, 5.41) is 11.4. The normalized spacial score (nSPS) is 10.4. The van der Waals surface area contributed by atoms with E-state index in [1.165, 1.54) is 14.2 Å². The molecule has 0 amide bonds. The van der Waals surface area contributed by atoms with Crippen molar-refractivity contribution >= 4 is 23.2 Å². The summed E-state index contributed by atoms with van der Waals surface area (Å²) in [6.07, 6.45) is 0. The highest BCUT2D eigenvalue weighted by Gasteiger charge is 2.13. The number of rotatable bonds is 6. The van der Waals surface area contributed by atoms with E-state index in [1.807, 2.05) is 0 Å². The van der Waals surface area contributed by atoms with E-state index in [4.69, 9.17) is 25.8 Å². The van der Waals surface area contributed by atoms with Crippen molar-refractivity contribution in [3.05, 3.63) is 51.8 Å². The largest absolute Gasteiger partial charge is 0.497 e. The summed E-state index contributed by atoms with van der Waals surface area (Å²) in [7, 11) is 4.58. The van der Waals surface area contributed by atoms with Crippen molar-refractivity contribution < 1.29 is 14.2 Å². The number of hydrogen-bond acceptors (Lipinski definition) is 7. The van der Waals surface area contributed by atoms with Crippen molar-refractivity contribution in [3.8, 4) is 28.5 Å². The number of ether oxygens (including phenoxy) is 3. The van der Waals surface area contributed by atoms with Gasteiger partial charge < -0.3 is 19.5 Å². The minimum atomic E-state index is -0.391. The van der Waals surface area contributed by atoms with Gasteiger partial charge in [0.25, 0.3) is 5.56 Å². The minimum absolute atomic E-state index is 0.153. The van der Waals surface area contributed by atoms with Crippen LogP contribution < -0.4 is 25.1 Å². The van der Waals surface area contributed by atoms with Gasteiger partial charge in [-0.15, -0.1) is 10.2 Å². The summed E-state index contributed by atoms with van der Waals surface area (Å²) in [4.78, 5) is 15.1. The first-order valence-electron chi connectivity index (χ1n) is 7.85. The third kappa shape index (κ3) is 3.95. The zero-order chi connectivity index (χ0) is 19.4. The Morgan fingerprint density at radius 2 is 1.67 bits per heavy atom. The molecule has 9 heteroatoms. The van der Waals surface area contributed by atoms with E-state index >= 15 is 0 Å². The van der Waals surface area contributed by atoms with E-state index in [0.717, 1.165) is 0 Å². The van der Waals surface area contributed by atoms with Crippen molar-refractivity contribution in [2.24, 2.45) is 0 Å². The third-order valence-corrected chi connectivity index (χ3v) is 4.08. The summed E-state index contributed by atoms with van der Waals surface area (Å²) < 4.78 is 15.6. The van der Waals surface area contributed by atoms with Gasteiger partial charge in [0.15, 0.2) is 5.69 Å². The molecule has 0 spiro atoms. The third-order valence-electron chi connectivity index (χ3n) is 3.79. The maximum atomic E-state index is 12.4. The summed E-state index contributed by atoms with van der Waals surface area (Å²) in [5.41, 5.74) is 0.948. The Balaban J connectivity index is 1.91. The van der Waals surface area contributed by atoms with Crippen LogP contribution in [0.25, 0.3) is 11.3 Å². The number of nitrogens with zero attached hydrogens (tertiary/aromatic N) is 2. The van der Waals surface area contributed by atoms with Crippen LogP contribution in [0.3, 0.4) is 0 Å². The first-order chi connectivity index (χ1) is 13.0. The second-order valence-electron chi connectivity index (χ2n) is 5.39. The van der Waals surface area contributed by atoms with Crippen LogP contribution >= 0.6 is 11.6 Å². The van der Waals surface area contributed by atoms with Gasteiger partial charge in [-0.05, 0) is 24.3 Å². The molecule has 0 bridgehead atoms. The number of methoxy groups -OCH3 is 3. The fraction of sp³-hybridized carbons (Fsp3) is 0.167. The van der Waals surface area contributed by atoms with Gasteiger partial charge in [0.2, 0.25) is 5.95 Å². The van der Waals surface area contributed by atoms with E-state index in [1.54, 1.807) is 43.5 Å². The van der Waals surface area contributed by atoms with Crippen molar-refractivity contribution in [1.29, 1.82) is 0 Å². The summed E-state index contributed by atoms with van der Waals surface area (Å²) in [6, 6.07) is 10.2. The van der Waals surface area contributed by atoms with Crippen LogP contribution in [-0.2, 0) is 0 Å². The fourth-order valence-corrected chi connectivity index (χ4v) is 2.65. The maximum Gasteiger partial charge on any atom is 0.279 e. The van der Waals surface area contributed by atoms with Gasteiger partial charge in [-0.25, -0.2) is 0 Å². The Morgan fingerprint density at radius 3 is 2.26 bits per heavy atom. The molecule has 140 valence electrons. The van der Waals surface area contributed by atoms with Crippen LogP contribution in [0, 0.1) is 0 Å². The topological polar surface area (TPSA) is 98.4 Å². The highest BCUT2D eigenvalue weighted by atomic mass is 35.5. The molecule has 2 aromatic carbocycles. The van der Waals surface area contributed by atoms with E-state index in [9.17, 15) is 4.79 Å². The van der Waals surface area contributed by atoms with Gasteiger partial charge in [-0.3, -0.25) is 9.78 Å². The molecule has 0 saturated carbocycles. The number of halogens is 1. The second-order valence-corrected chi connectivity index (χ2v) is 5.80. The molecular weight excluding hydrogens is 372 g/mol. The van der Waals surface area contributed by atoms with E-state index in [2.05, 4.69) is 20.5 Å². The lowest BCUT2D eigenvalue weighted by atomic mass is 10.1. The standard InChI is InChI=1S/C18H17ClN4O4/c1-25-11-6-4-10(5-7-11)16-17(24)21-18(23-22-16)20-13-9-14(26-2)12(19)8-15(13)27-3/h4-9H,1-3H3,(H2,20,21,23,24). The Bertz CT molecular complexity index is 1010. The molecule has 0 radical (unpaired) electrons. The molecule has 1 heterocycles. The molecule has 0 atom stereocenters. The van der Waals surface area contributed by atoms with Crippen LogP contribution in [0.5, 0.6) is 17.2 Å². The number of hydrogen-bond donors (Lipinski definition) is 2. The molecule has 27 heavy (non-hydrogen) atoms. The minimum Gasteiger partial charge on any atom is -0.497 e. The molecule has 3 aromatic rings. The van der Waals surface area contributed by atoms with Gasteiger partial charge in [0.05, 0.1) is 32.0 Å². The predicted molar refractivity (Wildman–Crippen MR) is 102 cm³/mol. The van der Waals surface area contributed by atoms with Crippen LogP contribution in [-0.4, -0.2) is 36.5 Å². The fourth-order valence-electron chi connectivity index (χ4n) is 2.42. The highest BCUT2D eigenvalue weighted by Crippen LogP contribution is 2.36. The van der Waals surface area contributed by atoms with Crippen LogP contribution in [0.15, 0.2) is 41.2 Å². The monoisotopic (exact) mass is 388 g/mol. The smallest absolute Gasteiger partial charge is 0.279 e. The van der Waals surface area contributed by atoms with Gasteiger partial charge in [-0.1, -0.05) is 11.6 Å². The molecule has 3 rings (SSSR count). The number of aromatic amines is 1. The molecule has 2 N–H and O–H groups in total. The first-order valence-corrected chi connectivity index (χ1v) is 8.23. The quantitative estimate of drug-likeness (QED) is 0.668. The molecule has 0 aliphatic rings. The van der Waals surface area contributed by atoms with Crippen molar-refractivity contribution in [2.75, 3.05) is 26.6 Å². The number of anilines is 2. The molecule has 0 aliphatic heterocycles. The van der Waals surface area contributed by atoms with Gasteiger partial charge >= 0.3 is 0 Å². The lowest BCUT2D eigenvalue weighted by Gasteiger charge is -2.13. The van der Waals surface area contributed by atoms with E-state index in [-0.39, 0.29) is 11.6 Å². The van der Waals surface area contributed by atoms with Crippen LogP contribution in [0.2, 0.25) is 5.02 Å². The van der Waals surface area contributed by atoms with Crippen molar-refractivity contribution in [3.63, 3.8) is 0 Å². The van der Waals surface area contributed by atoms with Gasteiger partial charge in [0, 0.05) is 17.7 Å². The van der Waals surface area contributed by atoms with E-state index in [0.29, 0.717) is 33.5 Å². The SMILES string of the molecule is COc1ccc(-c2nnc(Nc3cc(OC)c(Cl)cc3OC)[nH]c2=O)cc1. The second kappa shape index (κ2) is 7.96. The van der Waals surface area contributed by atoms with Gasteiger partial charge in [-0.2, -0.15) is 0 Å². The molecule has 1 aromatic heterocycles. The number of aromatic nitrogens is 3. The molecular formula is C18H17ClN4O4. The number of nitrogens with one attached hydrogen (secondary N) is 2. The molecule has 8 nitrogen and oxygen atoms in total. The Morgan fingerprint density at radius 1 is 0.963 bits per heavy atom. The van der Waals surface area contributed by atoms with E-state index < -0.39 is 5.56 Å². The number of H-pyrrole nitrogens is 1. The molecule has 0 fully saturated rings. The zero-order valence-corrected chi connectivity index (χ0v) is 15.6. The average molecular weight is 389 g/mol. The lowest BCUT2D eigenvalue weighted by molar-refractivity contribution is 0.405. The highest BCUT2D eigenvalue weighted by molar-refractivity contribution is 6.32. The zero-order valence-electron chi connectivity index (χ0n) is 14.9. The first kappa shape index (κ1) is 18.5. The number of benzene rings is 2. The van der Waals surface area contributed by atoms with Crippen LogP contribution in [0.4, 0.5) is 11.6 Å².